The lowest BCUT2D eigenvalue weighted by molar-refractivity contribution is -0.0776. The Morgan fingerprint density at radius 2 is 2.15 bits per heavy atom. The predicted molar refractivity (Wildman–Crippen MR) is 52.5 cm³/mol. The summed E-state index contributed by atoms with van der Waals surface area (Å²) in [6.45, 7) is 6.35. The minimum absolute atomic E-state index is 0.0391. The van der Waals surface area contributed by atoms with Gasteiger partial charge in [0.2, 0.25) is 0 Å². The van der Waals surface area contributed by atoms with Gasteiger partial charge in [-0.05, 0) is 12.8 Å². The van der Waals surface area contributed by atoms with E-state index in [0.29, 0.717) is 6.04 Å². The van der Waals surface area contributed by atoms with Crippen LogP contribution in [0.4, 0.5) is 0 Å². The van der Waals surface area contributed by atoms with Crippen molar-refractivity contribution in [3.63, 3.8) is 0 Å². The zero-order valence-corrected chi connectivity index (χ0v) is 8.75. The van der Waals surface area contributed by atoms with Crippen molar-refractivity contribution in [3.05, 3.63) is 0 Å². The summed E-state index contributed by atoms with van der Waals surface area (Å²) in [5.74, 6) is 0. The van der Waals surface area contributed by atoms with E-state index in [-0.39, 0.29) is 24.2 Å². The molecule has 0 aliphatic heterocycles. The molecule has 0 saturated heterocycles. The maximum atomic E-state index is 9.50. The van der Waals surface area contributed by atoms with Gasteiger partial charge in [-0.1, -0.05) is 20.8 Å². The fourth-order valence-electron chi connectivity index (χ4n) is 1.77. The molecule has 0 bridgehead atoms. The third kappa shape index (κ3) is 2.03. The highest BCUT2D eigenvalue weighted by Gasteiger charge is 2.47. The van der Waals surface area contributed by atoms with Crippen LogP contribution < -0.4 is 5.32 Å². The Bertz CT molecular complexity index is 166. The van der Waals surface area contributed by atoms with E-state index in [9.17, 15) is 5.11 Å². The molecule has 1 aliphatic rings. The maximum Gasteiger partial charge on any atom is 0.0621 e. The van der Waals surface area contributed by atoms with Gasteiger partial charge in [0.15, 0.2) is 0 Å². The highest BCUT2D eigenvalue weighted by molar-refractivity contribution is 5.02. The fourth-order valence-corrected chi connectivity index (χ4v) is 1.77. The van der Waals surface area contributed by atoms with Crippen LogP contribution in [-0.4, -0.2) is 35.0 Å². The van der Waals surface area contributed by atoms with Crippen molar-refractivity contribution < 1.29 is 10.2 Å². The second-order valence-corrected chi connectivity index (χ2v) is 4.58. The molecule has 3 unspecified atom stereocenters. The summed E-state index contributed by atoms with van der Waals surface area (Å²) >= 11 is 0. The molecule has 3 heteroatoms. The van der Waals surface area contributed by atoms with E-state index in [4.69, 9.17) is 5.11 Å². The van der Waals surface area contributed by atoms with Crippen LogP contribution in [0.5, 0.6) is 0 Å². The first-order valence-corrected chi connectivity index (χ1v) is 5.07. The summed E-state index contributed by atoms with van der Waals surface area (Å²) in [6, 6.07) is 0.524. The quantitative estimate of drug-likeness (QED) is 0.601. The summed E-state index contributed by atoms with van der Waals surface area (Å²) in [6.07, 6.45) is 1.55. The highest BCUT2D eigenvalue weighted by atomic mass is 16.3. The van der Waals surface area contributed by atoms with Crippen LogP contribution in [0.2, 0.25) is 0 Å². The molecule has 0 radical (unpaired) electrons. The highest BCUT2D eigenvalue weighted by Crippen LogP contribution is 2.40. The van der Waals surface area contributed by atoms with E-state index >= 15 is 0 Å². The van der Waals surface area contributed by atoms with Crippen LogP contribution in [0, 0.1) is 5.41 Å². The van der Waals surface area contributed by atoms with E-state index in [0.717, 1.165) is 12.8 Å². The minimum atomic E-state index is -0.193. The van der Waals surface area contributed by atoms with E-state index in [2.05, 4.69) is 26.1 Å². The van der Waals surface area contributed by atoms with Gasteiger partial charge in [-0.25, -0.2) is 0 Å². The first kappa shape index (κ1) is 11.0. The van der Waals surface area contributed by atoms with Crippen molar-refractivity contribution in [2.45, 2.75) is 51.8 Å². The molecule has 0 aromatic carbocycles. The molecular weight excluding hydrogens is 166 g/mol. The Kier molecular flexibility index (Phi) is 3.33. The monoisotopic (exact) mass is 187 g/mol. The Hall–Kier alpha value is -0.120. The zero-order valence-electron chi connectivity index (χ0n) is 8.75. The smallest absolute Gasteiger partial charge is 0.0621 e. The van der Waals surface area contributed by atoms with Crippen LogP contribution in [0.3, 0.4) is 0 Å². The van der Waals surface area contributed by atoms with E-state index in [1.54, 1.807) is 0 Å². The minimum Gasteiger partial charge on any atom is -0.395 e. The van der Waals surface area contributed by atoms with Gasteiger partial charge in [-0.2, -0.15) is 0 Å². The Balaban J connectivity index is 2.39. The second kappa shape index (κ2) is 3.95. The van der Waals surface area contributed by atoms with Gasteiger partial charge in [-0.15, -0.1) is 0 Å². The molecule has 78 valence electrons. The molecular formula is C10H21NO2. The van der Waals surface area contributed by atoms with Gasteiger partial charge in [0.1, 0.15) is 0 Å². The molecule has 3 atom stereocenters. The molecule has 0 spiro atoms. The normalized spacial score (nSPS) is 33.9. The van der Waals surface area contributed by atoms with Crippen LogP contribution in [0.15, 0.2) is 0 Å². The van der Waals surface area contributed by atoms with E-state index < -0.39 is 0 Å². The largest absolute Gasteiger partial charge is 0.395 e. The van der Waals surface area contributed by atoms with Crippen LogP contribution in [-0.2, 0) is 0 Å². The number of hydrogen-bond acceptors (Lipinski definition) is 3. The molecule has 3 nitrogen and oxygen atoms in total. The van der Waals surface area contributed by atoms with Crippen LogP contribution in [0.1, 0.15) is 33.6 Å². The molecule has 1 aliphatic carbocycles. The van der Waals surface area contributed by atoms with Crippen molar-refractivity contribution in [1.82, 2.24) is 5.32 Å². The summed E-state index contributed by atoms with van der Waals surface area (Å²) in [5, 5.41) is 21.9. The van der Waals surface area contributed by atoms with Crippen molar-refractivity contribution in [3.8, 4) is 0 Å². The molecule has 1 fully saturated rings. The van der Waals surface area contributed by atoms with Crippen molar-refractivity contribution in [2.75, 3.05) is 6.61 Å². The van der Waals surface area contributed by atoms with Gasteiger partial charge < -0.3 is 15.5 Å². The van der Waals surface area contributed by atoms with Gasteiger partial charge in [0.25, 0.3) is 0 Å². The number of aliphatic hydroxyl groups excluding tert-OH is 2. The summed E-state index contributed by atoms with van der Waals surface area (Å²) in [7, 11) is 0. The second-order valence-electron chi connectivity index (χ2n) is 4.58. The number of hydrogen-bond donors (Lipinski definition) is 3. The molecule has 0 amide bonds. The van der Waals surface area contributed by atoms with Crippen LogP contribution in [0.25, 0.3) is 0 Å². The molecule has 1 rings (SSSR count). The first-order valence-electron chi connectivity index (χ1n) is 5.07. The van der Waals surface area contributed by atoms with E-state index in [1.807, 2.05) is 0 Å². The lowest BCUT2D eigenvalue weighted by atomic mass is 9.64. The zero-order chi connectivity index (χ0) is 10.1. The van der Waals surface area contributed by atoms with Crippen molar-refractivity contribution in [1.29, 1.82) is 0 Å². The van der Waals surface area contributed by atoms with Gasteiger partial charge in [-0.3, -0.25) is 0 Å². The maximum absolute atomic E-state index is 9.50. The third-order valence-electron chi connectivity index (χ3n) is 3.37. The lowest BCUT2D eigenvalue weighted by Crippen LogP contribution is -2.62. The number of nitrogens with one attached hydrogen (secondary N) is 1. The van der Waals surface area contributed by atoms with Crippen LogP contribution >= 0.6 is 0 Å². The molecule has 0 aromatic rings. The topological polar surface area (TPSA) is 52.5 Å². The van der Waals surface area contributed by atoms with E-state index in [1.165, 1.54) is 0 Å². The Morgan fingerprint density at radius 1 is 1.54 bits per heavy atom. The SMILES string of the molecule is CCC(CO)NC1CC(O)C1(C)C. The molecule has 1 saturated carbocycles. The first-order chi connectivity index (χ1) is 6.02. The molecule has 3 N–H and O–H groups in total. The third-order valence-corrected chi connectivity index (χ3v) is 3.37. The standard InChI is InChI=1S/C10H21NO2/c1-4-7(6-12)11-8-5-9(13)10(8,2)3/h7-9,11-13H,4-6H2,1-3H3. The van der Waals surface area contributed by atoms with Gasteiger partial charge >= 0.3 is 0 Å². The number of aliphatic hydroxyl groups is 2. The molecule has 0 heterocycles. The molecule has 13 heavy (non-hydrogen) atoms. The van der Waals surface area contributed by atoms with Gasteiger partial charge in [0, 0.05) is 17.5 Å². The Labute approximate surface area is 80.2 Å². The predicted octanol–water partition coefficient (Wildman–Crippen LogP) is 0.506. The molecule has 0 aromatic heterocycles. The van der Waals surface area contributed by atoms with Crippen molar-refractivity contribution in [2.24, 2.45) is 5.41 Å². The average Bonchev–Trinajstić information content (AvgIpc) is 2.12. The summed E-state index contributed by atoms with van der Waals surface area (Å²) in [5.41, 5.74) is -0.0391. The summed E-state index contributed by atoms with van der Waals surface area (Å²) in [4.78, 5) is 0. The van der Waals surface area contributed by atoms with Gasteiger partial charge in [0.05, 0.1) is 12.7 Å². The van der Waals surface area contributed by atoms with Crippen molar-refractivity contribution >= 4 is 0 Å². The lowest BCUT2D eigenvalue weighted by Gasteiger charge is -2.50. The number of rotatable bonds is 4. The summed E-state index contributed by atoms with van der Waals surface area (Å²) < 4.78 is 0. The Morgan fingerprint density at radius 3 is 2.46 bits per heavy atom. The fraction of sp³-hybridized carbons (Fsp3) is 1.00. The average molecular weight is 187 g/mol.